The summed E-state index contributed by atoms with van der Waals surface area (Å²) in [5.41, 5.74) is -7.59. The van der Waals surface area contributed by atoms with Crippen molar-refractivity contribution >= 4 is 21.7 Å². The molecule has 43 heavy (non-hydrogen) atoms. The number of imide groups is 1. The van der Waals surface area contributed by atoms with E-state index >= 15 is 0 Å². The summed E-state index contributed by atoms with van der Waals surface area (Å²) in [5.74, 6) is -2.03. The van der Waals surface area contributed by atoms with Crippen LogP contribution in [0.2, 0.25) is 0 Å². The standard InChI is InChI=1S/C28H20F8N2O4S/c29-18-5-7-20(8-6-18)43(41,42)25(16-1-3-17(4-2-16)26(30,27(31,32)33)28(34,35)36)12-9-19(10-13-25)38-23(39)21-11-14-37-15-22(21)24(38)40/h1-8,11,14-15,19H,9-10,12-13H2. The Morgan fingerprint density at radius 3 is 1.81 bits per heavy atom. The van der Waals surface area contributed by atoms with E-state index in [1.807, 2.05) is 0 Å². The van der Waals surface area contributed by atoms with Crippen LogP contribution in [0.25, 0.3) is 0 Å². The molecule has 2 aliphatic rings. The molecule has 6 nitrogen and oxygen atoms in total. The molecule has 2 aromatic carbocycles. The molecule has 2 heterocycles. The van der Waals surface area contributed by atoms with Gasteiger partial charge in [-0.1, -0.05) is 24.3 Å². The Labute approximate surface area is 239 Å². The van der Waals surface area contributed by atoms with Crippen molar-refractivity contribution in [3.63, 3.8) is 0 Å². The van der Waals surface area contributed by atoms with Gasteiger partial charge < -0.3 is 0 Å². The third kappa shape index (κ3) is 4.59. The molecule has 2 amide bonds. The number of halogens is 8. The maximum atomic E-state index is 14.7. The largest absolute Gasteiger partial charge is 0.435 e. The molecule has 1 fully saturated rings. The van der Waals surface area contributed by atoms with Crippen LogP contribution in [0.15, 0.2) is 71.9 Å². The molecule has 0 spiro atoms. The fraction of sp³-hybridized carbons (Fsp3) is 0.321. The molecule has 0 atom stereocenters. The molecule has 1 saturated carbocycles. The molecule has 1 aliphatic carbocycles. The van der Waals surface area contributed by atoms with Crippen molar-refractivity contribution in [1.82, 2.24) is 9.88 Å². The first-order valence-corrected chi connectivity index (χ1v) is 14.2. The quantitative estimate of drug-likeness (QED) is 0.184. The lowest BCUT2D eigenvalue weighted by Gasteiger charge is -2.42. The molecular formula is C28H20F8N2O4S. The van der Waals surface area contributed by atoms with Gasteiger partial charge in [-0.2, -0.15) is 26.3 Å². The number of amides is 2. The molecule has 3 aromatic rings. The van der Waals surface area contributed by atoms with Crippen LogP contribution in [0.5, 0.6) is 0 Å². The lowest BCUT2D eigenvalue weighted by molar-refractivity contribution is -0.348. The van der Waals surface area contributed by atoms with E-state index in [2.05, 4.69) is 4.98 Å². The molecule has 1 aliphatic heterocycles. The van der Waals surface area contributed by atoms with E-state index in [9.17, 15) is 53.1 Å². The minimum atomic E-state index is -6.37. The fourth-order valence-corrected chi connectivity index (χ4v) is 7.97. The Morgan fingerprint density at radius 2 is 1.30 bits per heavy atom. The van der Waals surface area contributed by atoms with Gasteiger partial charge in [-0.15, -0.1) is 0 Å². The maximum absolute atomic E-state index is 14.7. The number of hydrogen-bond donors (Lipinski definition) is 0. The summed E-state index contributed by atoms with van der Waals surface area (Å²) < 4.78 is 134. The van der Waals surface area contributed by atoms with Crippen LogP contribution < -0.4 is 0 Å². The van der Waals surface area contributed by atoms with Crippen LogP contribution in [0, 0.1) is 5.82 Å². The van der Waals surface area contributed by atoms with E-state index in [1.165, 1.54) is 18.5 Å². The second kappa shape index (κ2) is 10.1. The minimum absolute atomic E-state index is 0.0582. The molecule has 15 heteroatoms. The molecule has 0 bridgehead atoms. The van der Waals surface area contributed by atoms with Gasteiger partial charge in [0, 0.05) is 24.0 Å². The zero-order chi connectivity index (χ0) is 31.6. The first kappa shape index (κ1) is 30.6. The van der Waals surface area contributed by atoms with Crippen LogP contribution in [-0.4, -0.2) is 48.5 Å². The SMILES string of the molecule is O=C1c2ccncc2C(=O)N1C1CCC(c2ccc(C(F)(C(F)(F)F)C(F)(F)F)cc2)(S(=O)(=O)c2ccc(F)cc2)CC1. The fourth-order valence-electron chi connectivity index (χ4n) is 5.81. The van der Waals surface area contributed by atoms with Gasteiger partial charge >= 0.3 is 18.0 Å². The summed E-state index contributed by atoms with van der Waals surface area (Å²) in [6.45, 7) is 0. The molecule has 0 unspecified atom stereocenters. The van der Waals surface area contributed by atoms with Crippen LogP contribution in [0.3, 0.4) is 0 Å². The van der Waals surface area contributed by atoms with Crippen molar-refractivity contribution in [2.45, 2.75) is 59.4 Å². The second-order valence-corrected chi connectivity index (χ2v) is 12.6. The third-order valence-electron chi connectivity index (χ3n) is 8.08. The highest BCUT2D eigenvalue weighted by Gasteiger charge is 2.73. The molecule has 5 rings (SSSR count). The Bertz CT molecular complexity index is 1630. The number of carbonyl (C=O) groups excluding carboxylic acids is 2. The van der Waals surface area contributed by atoms with Crippen LogP contribution in [-0.2, 0) is 20.3 Å². The minimum Gasteiger partial charge on any atom is -0.271 e. The van der Waals surface area contributed by atoms with Crippen LogP contribution in [0.1, 0.15) is 57.5 Å². The van der Waals surface area contributed by atoms with E-state index in [-0.39, 0.29) is 59.4 Å². The zero-order valence-corrected chi connectivity index (χ0v) is 22.5. The summed E-state index contributed by atoms with van der Waals surface area (Å²) in [5, 5.41) is 0. The molecular weight excluding hydrogens is 612 g/mol. The number of pyridine rings is 1. The lowest BCUT2D eigenvalue weighted by Crippen LogP contribution is -2.50. The van der Waals surface area contributed by atoms with Crippen molar-refractivity contribution in [2.24, 2.45) is 0 Å². The molecule has 0 saturated heterocycles. The zero-order valence-electron chi connectivity index (χ0n) is 21.7. The van der Waals surface area contributed by atoms with Crippen molar-refractivity contribution in [3.05, 3.63) is 95.1 Å². The second-order valence-electron chi connectivity index (χ2n) is 10.3. The van der Waals surface area contributed by atoms with Crippen LogP contribution >= 0.6 is 0 Å². The van der Waals surface area contributed by atoms with Gasteiger partial charge in [0.05, 0.1) is 16.0 Å². The Balaban J connectivity index is 1.55. The summed E-state index contributed by atoms with van der Waals surface area (Å²) in [6.07, 6.45) is -11.1. The number of carbonyl (C=O) groups is 2. The normalized spacial score (nSPS) is 21.7. The van der Waals surface area contributed by atoms with Gasteiger partial charge in [0.25, 0.3) is 11.8 Å². The van der Waals surface area contributed by atoms with E-state index < -0.39 is 61.8 Å². The van der Waals surface area contributed by atoms with E-state index in [4.69, 9.17) is 0 Å². The van der Waals surface area contributed by atoms with Crippen molar-refractivity contribution in [1.29, 1.82) is 0 Å². The summed E-state index contributed by atoms with van der Waals surface area (Å²) in [4.78, 5) is 30.4. The Kier molecular flexibility index (Phi) is 7.18. The lowest BCUT2D eigenvalue weighted by atomic mass is 9.79. The predicted molar refractivity (Wildman–Crippen MR) is 134 cm³/mol. The molecule has 228 valence electrons. The average molecular weight is 633 g/mol. The summed E-state index contributed by atoms with van der Waals surface area (Å²) in [6, 6.07) is 6.08. The van der Waals surface area contributed by atoms with E-state index in [1.54, 1.807) is 0 Å². The topological polar surface area (TPSA) is 84.4 Å². The molecule has 1 aromatic heterocycles. The number of aromatic nitrogens is 1. The van der Waals surface area contributed by atoms with Crippen molar-refractivity contribution in [2.75, 3.05) is 0 Å². The number of alkyl halides is 7. The van der Waals surface area contributed by atoms with Gasteiger partial charge in [-0.25, -0.2) is 17.2 Å². The van der Waals surface area contributed by atoms with Crippen molar-refractivity contribution in [3.8, 4) is 0 Å². The molecule has 0 radical (unpaired) electrons. The first-order chi connectivity index (χ1) is 20.0. The average Bonchev–Trinajstić information content (AvgIpc) is 3.21. The summed E-state index contributed by atoms with van der Waals surface area (Å²) in [7, 11) is -4.53. The highest BCUT2D eigenvalue weighted by molar-refractivity contribution is 7.92. The highest BCUT2D eigenvalue weighted by atomic mass is 32.2. The third-order valence-corrected chi connectivity index (χ3v) is 10.6. The number of hydrogen-bond acceptors (Lipinski definition) is 5. The van der Waals surface area contributed by atoms with Gasteiger partial charge in [-0.05, 0) is 61.6 Å². The Morgan fingerprint density at radius 1 is 0.767 bits per heavy atom. The predicted octanol–water partition coefficient (Wildman–Crippen LogP) is 6.42. The van der Waals surface area contributed by atoms with Gasteiger partial charge in [0.1, 0.15) is 10.6 Å². The number of nitrogens with zero attached hydrogens (tertiary/aromatic N) is 2. The van der Waals surface area contributed by atoms with E-state index in [0.29, 0.717) is 12.1 Å². The monoisotopic (exact) mass is 632 g/mol. The summed E-state index contributed by atoms with van der Waals surface area (Å²) >= 11 is 0. The van der Waals surface area contributed by atoms with Gasteiger partial charge in [-0.3, -0.25) is 19.5 Å². The number of fused-ring (bicyclic) bond motifs is 1. The number of rotatable bonds is 5. The highest BCUT2D eigenvalue weighted by Crippen LogP contribution is 2.54. The first-order valence-electron chi connectivity index (χ1n) is 12.7. The van der Waals surface area contributed by atoms with Gasteiger partial charge in [0.2, 0.25) is 0 Å². The van der Waals surface area contributed by atoms with E-state index in [0.717, 1.165) is 29.2 Å². The number of benzene rings is 2. The van der Waals surface area contributed by atoms with Crippen molar-refractivity contribution < 1.29 is 53.1 Å². The van der Waals surface area contributed by atoms with Gasteiger partial charge in [0.15, 0.2) is 9.84 Å². The smallest absolute Gasteiger partial charge is 0.271 e. The Hall–Kier alpha value is -3.88. The number of sulfone groups is 1. The van der Waals surface area contributed by atoms with Crippen LogP contribution in [0.4, 0.5) is 35.1 Å². The maximum Gasteiger partial charge on any atom is 0.435 e. The molecule has 0 N–H and O–H groups in total.